The Morgan fingerprint density at radius 3 is 2.53 bits per heavy atom. The second kappa shape index (κ2) is 4.10. The van der Waals surface area contributed by atoms with Gasteiger partial charge in [-0.25, -0.2) is 8.78 Å². The largest absolute Gasteiger partial charge is 0.378 e. The molecule has 0 N–H and O–H groups in total. The topological polar surface area (TPSA) is 26.3 Å². The van der Waals surface area contributed by atoms with Crippen molar-refractivity contribution in [1.29, 1.82) is 0 Å². The molecule has 2 saturated carbocycles. The standard InChI is InChI=1S/C15H16F2O2/c1-19-15-3-2-14(8-15,9-18)13(7-15)10-4-11(16)6-12(17)5-10/h4-6,9,13H,2-3,7-8H2,1H3. The Kier molecular flexibility index (Phi) is 2.75. The van der Waals surface area contributed by atoms with E-state index in [4.69, 9.17) is 4.74 Å². The normalized spacial score (nSPS) is 36.7. The monoisotopic (exact) mass is 266 g/mol. The average molecular weight is 266 g/mol. The first kappa shape index (κ1) is 12.7. The van der Waals surface area contributed by atoms with Gasteiger partial charge in [0.15, 0.2) is 0 Å². The van der Waals surface area contributed by atoms with E-state index in [1.165, 1.54) is 12.1 Å². The fraction of sp³-hybridized carbons (Fsp3) is 0.533. The molecule has 2 aliphatic rings. The molecule has 0 radical (unpaired) electrons. The van der Waals surface area contributed by atoms with Gasteiger partial charge in [-0.3, -0.25) is 0 Å². The van der Waals surface area contributed by atoms with Crippen LogP contribution in [0.4, 0.5) is 8.78 Å². The minimum atomic E-state index is -0.592. The van der Waals surface area contributed by atoms with Gasteiger partial charge in [-0.1, -0.05) is 0 Å². The summed E-state index contributed by atoms with van der Waals surface area (Å²) in [6, 6.07) is 3.53. The van der Waals surface area contributed by atoms with Crippen molar-refractivity contribution in [2.75, 3.05) is 7.11 Å². The summed E-state index contributed by atoms with van der Waals surface area (Å²) in [5, 5.41) is 0. The predicted molar refractivity (Wildman–Crippen MR) is 65.8 cm³/mol. The molecule has 2 bridgehead atoms. The maximum absolute atomic E-state index is 13.4. The highest BCUT2D eigenvalue weighted by Crippen LogP contribution is 2.63. The summed E-state index contributed by atoms with van der Waals surface area (Å²) in [6.45, 7) is 0. The van der Waals surface area contributed by atoms with Crippen molar-refractivity contribution < 1.29 is 18.3 Å². The van der Waals surface area contributed by atoms with Gasteiger partial charge in [-0.05, 0) is 49.3 Å². The lowest BCUT2D eigenvalue weighted by Gasteiger charge is -2.32. The molecule has 0 aliphatic heterocycles. The lowest BCUT2D eigenvalue weighted by atomic mass is 9.72. The molecule has 3 atom stereocenters. The van der Waals surface area contributed by atoms with E-state index in [2.05, 4.69) is 0 Å². The summed E-state index contributed by atoms with van der Waals surface area (Å²) in [7, 11) is 1.65. The van der Waals surface area contributed by atoms with Gasteiger partial charge in [0.05, 0.1) is 5.60 Å². The van der Waals surface area contributed by atoms with Crippen LogP contribution >= 0.6 is 0 Å². The van der Waals surface area contributed by atoms with Crippen molar-refractivity contribution in [3.8, 4) is 0 Å². The fourth-order valence-corrected chi connectivity index (χ4v) is 3.95. The van der Waals surface area contributed by atoms with Crippen LogP contribution in [0.2, 0.25) is 0 Å². The molecular weight excluding hydrogens is 250 g/mol. The quantitative estimate of drug-likeness (QED) is 0.785. The van der Waals surface area contributed by atoms with E-state index in [1.807, 2.05) is 0 Å². The van der Waals surface area contributed by atoms with Crippen LogP contribution in [0.1, 0.15) is 37.2 Å². The predicted octanol–water partition coefficient (Wildman–Crippen LogP) is 3.21. The Bertz CT molecular complexity index is 511. The molecule has 0 spiro atoms. The Morgan fingerprint density at radius 2 is 1.95 bits per heavy atom. The number of aldehydes is 1. The zero-order valence-corrected chi connectivity index (χ0v) is 10.8. The summed E-state index contributed by atoms with van der Waals surface area (Å²) in [4.78, 5) is 11.6. The van der Waals surface area contributed by atoms with Gasteiger partial charge in [0.2, 0.25) is 0 Å². The van der Waals surface area contributed by atoms with Crippen molar-refractivity contribution in [3.63, 3.8) is 0 Å². The molecule has 0 aromatic heterocycles. The van der Waals surface area contributed by atoms with Crippen LogP contribution < -0.4 is 0 Å². The van der Waals surface area contributed by atoms with E-state index in [9.17, 15) is 13.6 Å². The lowest BCUT2D eigenvalue weighted by Crippen LogP contribution is -2.28. The third kappa shape index (κ3) is 1.81. The summed E-state index contributed by atoms with van der Waals surface area (Å²) in [5.41, 5.74) is -0.242. The van der Waals surface area contributed by atoms with Crippen LogP contribution in [0.5, 0.6) is 0 Å². The van der Waals surface area contributed by atoms with Crippen LogP contribution in [0.15, 0.2) is 18.2 Å². The number of ether oxygens (including phenoxy) is 1. The van der Waals surface area contributed by atoms with Gasteiger partial charge >= 0.3 is 0 Å². The second-order valence-electron chi connectivity index (χ2n) is 5.87. The molecule has 0 heterocycles. The highest BCUT2D eigenvalue weighted by Gasteiger charge is 2.60. The third-order valence-electron chi connectivity index (χ3n) is 4.92. The number of methoxy groups -OCH3 is 1. The van der Waals surface area contributed by atoms with Crippen molar-refractivity contribution in [2.24, 2.45) is 5.41 Å². The highest BCUT2D eigenvalue weighted by molar-refractivity contribution is 5.65. The number of carbonyl (C=O) groups excluding carboxylic acids is 1. The highest BCUT2D eigenvalue weighted by atomic mass is 19.1. The van der Waals surface area contributed by atoms with Gasteiger partial charge in [0, 0.05) is 18.6 Å². The lowest BCUT2D eigenvalue weighted by molar-refractivity contribution is -0.116. The molecule has 0 saturated heterocycles. The van der Waals surface area contributed by atoms with E-state index >= 15 is 0 Å². The van der Waals surface area contributed by atoms with Crippen molar-refractivity contribution in [2.45, 2.75) is 37.2 Å². The molecule has 1 aromatic rings. The molecule has 2 fully saturated rings. The number of rotatable bonds is 3. The van der Waals surface area contributed by atoms with Crippen molar-refractivity contribution in [3.05, 3.63) is 35.4 Å². The summed E-state index contributed by atoms with van der Waals surface area (Å²) < 4.78 is 32.3. The van der Waals surface area contributed by atoms with E-state index < -0.39 is 17.0 Å². The average Bonchev–Trinajstić information content (AvgIpc) is 2.92. The van der Waals surface area contributed by atoms with Gasteiger partial charge in [0.1, 0.15) is 17.9 Å². The number of halogens is 2. The summed E-state index contributed by atoms with van der Waals surface area (Å²) >= 11 is 0. The SMILES string of the molecule is COC12CCC(C=O)(C1)C(c1cc(F)cc(F)c1)C2. The summed E-state index contributed by atoms with van der Waals surface area (Å²) in [6.07, 6.45) is 3.85. The van der Waals surface area contributed by atoms with E-state index in [-0.39, 0.29) is 11.5 Å². The molecule has 1 aromatic carbocycles. The maximum Gasteiger partial charge on any atom is 0.126 e. The Morgan fingerprint density at radius 1 is 1.26 bits per heavy atom. The van der Waals surface area contributed by atoms with Crippen LogP contribution in [0.25, 0.3) is 0 Å². The molecule has 2 aliphatic carbocycles. The third-order valence-corrected chi connectivity index (χ3v) is 4.92. The van der Waals surface area contributed by atoms with Gasteiger partial charge in [-0.15, -0.1) is 0 Å². The Hall–Kier alpha value is -1.29. The van der Waals surface area contributed by atoms with Crippen LogP contribution in [-0.4, -0.2) is 19.0 Å². The molecule has 102 valence electrons. The van der Waals surface area contributed by atoms with Crippen molar-refractivity contribution >= 4 is 6.29 Å². The minimum Gasteiger partial charge on any atom is -0.378 e. The number of fused-ring (bicyclic) bond motifs is 2. The Labute approximate surface area is 110 Å². The molecule has 3 rings (SSSR count). The van der Waals surface area contributed by atoms with Crippen LogP contribution in [0.3, 0.4) is 0 Å². The zero-order chi connectivity index (χ0) is 13.7. The second-order valence-corrected chi connectivity index (χ2v) is 5.87. The molecule has 19 heavy (non-hydrogen) atoms. The Balaban J connectivity index is 2.03. The van der Waals surface area contributed by atoms with E-state index in [0.717, 1.165) is 25.2 Å². The molecule has 2 nitrogen and oxygen atoms in total. The van der Waals surface area contributed by atoms with Crippen LogP contribution in [-0.2, 0) is 9.53 Å². The van der Waals surface area contributed by atoms with E-state index in [0.29, 0.717) is 18.4 Å². The zero-order valence-electron chi connectivity index (χ0n) is 10.8. The first-order valence-corrected chi connectivity index (χ1v) is 6.50. The van der Waals surface area contributed by atoms with Gasteiger partial charge in [-0.2, -0.15) is 0 Å². The smallest absolute Gasteiger partial charge is 0.126 e. The number of hydrogen-bond acceptors (Lipinski definition) is 2. The number of hydrogen-bond donors (Lipinski definition) is 0. The fourth-order valence-electron chi connectivity index (χ4n) is 3.95. The van der Waals surface area contributed by atoms with E-state index in [1.54, 1.807) is 7.11 Å². The molecule has 0 amide bonds. The van der Waals surface area contributed by atoms with Gasteiger partial charge < -0.3 is 9.53 Å². The van der Waals surface area contributed by atoms with Crippen LogP contribution in [0, 0.1) is 17.0 Å². The van der Waals surface area contributed by atoms with Gasteiger partial charge in [0.25, 0.3) is 0 Å². The number of benzene rings is 1. The van der Waals surface area contributed by atoms with Crippen molar-refractivity contribution in [1.82, 2.24) is 0 Å². The summed E-state index contributed by atoms with van der Waals surface area (Å²) in [5.74, 6) is -1.33. The first-order valence-electron chi connectivity index (χ1n) is 6.50. The number of carbonyl (C=O) groups is 1. The first-order chi connectivity index (χ1) is 9.02. The minimum absolute atomic E-state index is 0.149. The maximum atomic E-state index is 13.4. The molecular formula is C15H16F2O2. The molecule has 4 heteroatoms. The molecule has 3 unspecified atom stereocenters.